The predicted octanol–water partition coefficient (Wildman–Crippen LogP) is 2.61. The molecule has 0 atom stereocenters. The van der Waals surface area contributed by atoms with Crippen LogP contribution in [0.4, 0.5) is 0 Å². The minimum atomic E-state index is -0.279. The highest BCUT2D eigenvalue weighted by Crippen LogP contribution is 2.12. The normalized spacial score (nSPS) is 12.9. The number of rotatable bonds is 11. The van der Waals surface area contributed by atoms with E-state index < -0.39 is 0 Å². The van der Waals surface area contributed by atoms with Crippen molar-refractivity contribution in [1.29, 1.82) is 0 Å². The maximum Gasteiger partial charge on any atom is 0.0892 e. The van der Waals surface area contributed by atoms with Crippen LogP contribution in [0.25, 0.3) is 0 Å². The van der Waals surface area contributed by atoms with E-state index in [-0.39, 0.29) is 17.7 Å². The number of hydrogen-bond donors (Lipinski definition) is 1. The van der Waals surface area contributed by atoms with Gasteiger partial charge in [-0.15, -0.1) is 0 Å². The summed E-state index contributed by atoms with van der Waals surface area (Å²) in [6.07, 6.45) is 0.406. The van der Waals surface area contributed by atoms with Gasteiger partial charge in [0.1, 0.15) is 0 Å². The Labute approximate surface area is 119 Å². The van der Waals surface area contributed by atoms with Gasteiger partial charge in [0.2, 0.25) is 0 Å². The molecule has 1 N–H and O–H groups in total. The first-order valence-corrected chi connectivity index (χ1v) is 7.40. The Morgan fingerprint density at radius 1 is 0.842 bits per heavy atom. The monoisotopic (exact) mass is 275 g/mol. The van der Waals surface area contributed by atoms with Crippen molar-refractivity contribution >= 4 is 0 Å². The van der Waals surface area contributed by atoms with E-state index in [2.05, 4.69) is 19.2 Å². The Kier molecular flexibility index (Phi) is 9.62. The molecule has 0 radical (unpaired) electrons. The average Bonchev–Trinajstić information content (AvgIpc) is 2.30. The molecule has 4 heteroatoms. The van der Waals surface area contributed by atoms with Crippen molar-refractivity contribution in [3.05, 3.63) is 0 Å². The fourth-order valence-corrected chi connectivity index (χ4v) is 1.81. The summed E-state index contributed by atoms with van der Waals surface area (Å²) in [4.78, 5) is 0. The Bertz CT molecular complexity index is 205. The Hall–Kier alpha value is -0.160. The molecule has 0 aromatic carbocycles. The van der Waals surface area contributed by atoms with Gasteiger partial charge in [-0.3, -0.25) is 0 Å². The average molecular weight is 275 g/mol. The van der Waals surface area contributed by atoms with Crippen molar-refractivity contribution in [3.63, 3.8) is 0 Å². The SMILES string of the molecule is CCOCC(COC(C)C)(COC(C)C)NC(C)C. The van der Waals surface area contributed by atoms with Crippen molar-refractivity contribution in [1.82, 2.24) is 5.32 Å². The zero-order valence-corrected chi connectivity index (χ0v) is 13.8. The molecule has 0 aromatic heterocycles. The lowest BCUT2D eigenvalue weighted by Gasteiger charge is -2.37. The van der Waals surface area contributed by atoms with Crippen LogP contribution < -0.4 is 5.32 Å². The molecule has 0 fully saturated rings. The molecular formula is C15H33NO3. The van der Waals surface area contributed by atoms with Crippen LogP contribution in [0.2, 0.25) is 0 Å². The summed E-state index contributed by atoms with van der Waals surface area (Å²) in [5.74, 6) is 0. The van der Waals surface area contributed by atoms with E-state index in [4.69, 9.17) is 14.2 Å². The third-order valence-corrected chi connectivity index (χ3v) is 2.56. The van der Waals surface area contributed by atoms with Crippen LogP contribution in [-0.4, -0.2) is 50.2 Å². The van der Waals surface area contributed by atoms with E-state index in [1.54, 1.807) is 0 Å². The minimum Gasteiger partial charge on any atom is -0.380 e. The molecule has 0 heterocycles. The van der Waals surface area contributed by atoms with Gasteiger partial charge in [0.05, 0.1) is 37.6 Å². The second-order valence-electron chi connectivity index (χ2n) is 5.94. The molecule has 0 unspecified atom stereocenters. The fraction of sp³-hybridized carbons (Fsp3) is 1.00. The lowest BCUT2D eigenvalue weighted by molar-refractivity contribution is -0.0654. The summed E-state index contributed by atoms with van der Waals surface area (Å²) in [7, 11) is 0. The zero-order chi connectivity index (χ0) is 14.9. The van der Waals surface area contributed by atoms with Gasteiger partial charge in [0.15, 0.2) is 0 Å². The number of nitrogens with one attached hydrogen (secondary N) is 1. The van der Waals surface area contributed by atoms with E-state index in [0.717, 1.165) is 0 Å². The Balaban J connectivity index is 4.73. The molecular weight excluding hydrogens is 242 g/mol. The van der Waals surface area contributed by atoms with Gasteiger partial charge in [-0.1, -0.05) is 13.8 Å². The van der Waals surface area contributed by atoms with Crippen LogP contribution in [0, 0.1) is 0 Å². The maximum absolute atomic E-state index is 5.82. The molecule has 0 aromatic rings. The first-order chi connectivity index (χ1) is 8.81. The summed E-state index contributed by atoms with van der Waals surface area (Å²) in [5.41, 5.74) is -0.279. The van der Waals surface area contributed by atoms with Gasteiger partial charge in [0.25, 0.3) is 0 Å². The largest absolute Gasteiger partial charge is 0.380 e. The lowest BCUT2D eigenvalue weighted by atomic mass is 10.0. The summed E-state index contributed by atoms with van der Waals surface area (Å²) >= 11 is 0. The van der Waals surface area contributed by atoms with Gasteiger partial charge in [-0.05, 0) is 34.6 Å². The van der Waals surface area contributed by atoms with Crippen LogP contribution in [0.1, 0.15) is 48.5 Å². The summed E-state index contributed by atoms with van der Waals surface area (Å²) in [6.45, 7) is 16.9. The highest BCUT2D eigenvalue weighted by molar-refractivity contribution is 4.90. The highest BCUT2D eigenvalue weighted by Gasteiger charge is 2.32. The van der Waals surface area contributed by atoms with E-state index >= 15 is 0 Å². The van der Waals surface area contributed by atoms with Crippen molar-refractivity contribution in [3.8, 4) is 0 Å². The summed E-state index contributed by atoms with van der Waals surface area (Å²) in [5, 5.41) is 3.56. The summed E-state index contributed by atoms with van der Waals surface area (Å²) < 4.78 is 17.3. The van der Waals surface area contributed by atoms with Gasteiger partial charge in [-0.2, -0.15) is 0 Å². The lowest BCUT2D eigenvalue weighted by Crippen LogP contribution is -2.59. The number of ether oxygens (including phenoxy) is 3. The molecule has 0 spiro atoms. The third kappa shape index (κ3) is 9.38. The van der Waals surface area contributed by atoms with Crippen LogP contribution in [0.15, 0.2) is 0 Å². The molecule has 0 aliphatic heterocycles. The first-order valence-electron chi connectivity index (χ1n) is 7.40. The first kappa shape index (κ1) is 18.8. The Morgan fingerprint density at radius 2 is 1.32 bits per heavy atom. The van der Waals surface area contributed by atoms with Gasteiger partial charge >= 0.3 is 0 Å². The molecule has 116 valence electrons. The minimum absolute atomic E-state index is 0.203. The van der Waals surface area contributed by atoms with E-state index in [9.17, 15) is 0 Å². The van der Waals surface area contributed by atoms with Crippen LogP contribution in [0.5, 0.6) is 0 Å². The van der Waals surface area contributed by atoms with Gasteiger partial charge in [-0.25, -0.2) is 0 Å². The van der Waals surface area contributed by atoms with E-state index in [0.29, 0.717) is 32.5 Å². The van der Waals surface area contributed by atoms with Gasteiger partial charge < -0.3 is 19.5 Å². The van der Waals surface area contributed by atoms with Crippen LogP contribution in [0.3, 0.4) is 0 Å². The molecule has 0 aliphatic rings. The van der Waals surface area contributed by atoms with E-state index in [1.807, 2.05) is 34.6 Å². The molecule has 0 saturated carbocycles. The van der Waals surface area contributed by atoms with Gasteiger partial charge in [0, 0.05) is 12.6 Å². The molecule has 19 heavy (non-hydrogen) atoms. The Morgan fingerprint density at radius 3 is 1.63 bits per heavy atom. The van der Waals surface area contributed by atoms with Crippen LogP contribution in [-0.2, 0) is 14.2 Å². The molecule has 4 nitrogen and oxygen atoms in total. The summed E-state index contributed by atoms with van der Waals surface area (Å²) in [6, 6.07) is 0.354. The number of hydrogen-bond acceptors (Lipinski definition) is 4. The molecule has 0 bridgehead atoms. The predicted molar refractivity (Wildman–Crippen MR) is 79.7 cm³/mol. The molecule has 0 amide bonds. The van der Waals surface area contributed by atoms with Crippen molar-refractivity contribution in [2.24, 2.45) is 0 Å². The van der Waals surface area contributed by atoms with Crippen molar-refractivity contribution < 1.29 is 14.2 Å². The van der Waals surface area contributed by atoms with Crippen molar-refractivity contribution in [2.75, 3.05) is 26.4 Å². The third-order valence-electron chi connectivity index (χ3n) is 2.56. The quantitative estimate of drug-likeness (QED) is 0.629. The smallest absolute Gasteiger partial charge is 0.0892 e. The van der Waals surface area contributed by atoms with Crippen LogP contribution >= 0.6 is 0 Å². The topological polar surface area (TPSA) is 39.7 Å². The fourth-order valence-electron chi connectivity index (χ4n) is 1.81. The highest BCUT2D eigenvalue weighted by atomic mass is 16.5. The standard InChI is InChI=1S/C15H33NO3/c1-8-17-9-15(16-12(2)3,10-18-13(4)5)11-19-14(6)7/h12-14,16H,8-11H2,1-7H3. The molecule has 0 rings (SSSR count). The maximum atomic E-state index is 5.82. The second kappa shape index (κ2) is 9.70. The zero-order valence-electron chi connectivity index (χ0n) is 13.8. The molecule has 0 saturated heterocycles. The molecule has 0 aliphatic carbocycles. The van der Waals surface area contributed by atoms with E-state index in [1.165, 1.54) is 0 Å². The van der Waals surface area contributed by atoms with Crippen molar-refractivity contribution in [2.45, 2.75) is 72.3 Å². The second-order valence-corrected chi connectivity index (χ2v) is 5.94.